The molecule has 1 heterocycles. The number of alkyl halides is 2. The second-order valence-corrected chi connectivity index (χ2v) is 5.03. The quantitative estimate of drug-likeness (QED) is 0.547. The van der Waals surface area contributed by atoms with Gasteiger partial charge in [-0.25, -0.2) is 13.8 Å². The van der Waals surface area contributed by atoms with Crippen molar-refractivity contribution in [1.82, 2.24) is 4.90 Å². The van der Waals surface area contributed by atoms with Crippen LogP contribution in [0, 0.1) is 5.92 Å². The summed E-state index contributed by atoms with van der Waals surface area (Å²) in [6, 6.07) is 0. The number of allylic oxidation sites excluding steroid dienone is 2. The van der Waals surface area contributed by atoms with Crippen LogP contribution in [-0.2, 0) is 4.74 Å². The van der Waals surface area contributed by atoms with E-state index in [-0.39, 0.29) is 13.0 Å². The molecule has 0 aromatic carbocycles. The Morgan fingerprint density at radius 1 is 1.47 bits per heavy atom. The third-order valence-electron chi connectivity index (χ3n) is 3.50. The molecule has 3 nitrogen and oxygen atoms in total. The summed E-state index contributed by atoms with van der Waals surface area (Å²) in [4.78, 5) is 6.35. The molecule has 5 heteroatoms. The van der Waals surface area contributed by atoms with Gasteiger partial charge in [0.1, 0.15) is 11.6 Å². The molecule has 1 atom stereocenters. The average molecular weight is 270 g/mol. The molecule has 0 N–H and O–H groups in total. The number of rotatable bonds is 6. The molecule has 0 spiro atoms. The van der Waals surface area contributed by atoms with E-state index in [9.17, 15) is 8.78 Å². The lowest BCUT2D eigenvalue weighted by Crippen LogP contribution is -2.16. The minimum Gasteiger partial charge on any atom is -0.492 e. The molecular weight excluding hydrogens is 250 g/mol. The molecule has 1 aliphatic heterocycles. The van der Waals surface area contributed by atoms with E-state index in [1.807, 2.05) is 0 Å². The Hall–Kier alpha value is -1.39. The minimum absolute atomic E-state index is 0.0505. The van der Waals surface area contributed by atoms with Gasteiger partial charge in [-0.15, -0.1) is 0 Å². The van der Waals surface area contributed by atoms with Crippen LogP contribution in [0.3, 0.4) is 0 Å². The van der Waals surface area contributed by atoms with Crippen LogP contribution in [0.15, 0.2) is 29.2 Å². The number of likely N-dealkylation sites (tertiary alicyclic amines) is 1. The zero-order valence-corrected chi connectivity index (χ0v) is 11.2. The van der Waals surface area contributed by atoms with Crippen LogP contribution in [0.2, 0.25) is 0 Å². The largest absolute Gasteiger partial charge is 0.492 e. The summed E-state index contributed by atoms with van der Waals surface area (Å²) < 4.78 is 30.8. The Kier molecular flexibility index (Phi) is 4.22. The number of halogens is 2. The molecule has 1 aliphatic carbocycles. The lowest BCUT2D eigenvalue weighted by molar-refractivity contribution is 0.0764. The Morgan fingerprint density at radius 2 is 2.11 bits per heavy atom. The van der Waals surface area contributed by atoms with Gasteiger partial charge < -0.3 is 9.64 Å². The number of nitrogens with zero attached hydrogens (tertiary/aromatic N) is 2. The van der Waals surface area contributed by atoms with Crippen LogP contribution in [0.25, 0.3) is 0 Å². The molecule has 1 saturated heterocycles. The predicted molar refractivity (Wildman–Crippen MR) is 71.2 cm³/mol. The molecular formula is C14H20F2N2O. The van der Waals surface area contributed by atoms with Gasteiger partial charge in [-0.05, 0) is 25.8 Å². The van der Waals surface area contributed by atoms with Crippen molar-refractivity contribution in [1.29, 1.82) is 0 Å². The maximum absolute atomic E-state index is 12.7. The van der Waals surface area contributed by atoms with Crippen molar-refractivity contribution < 1.29 is 13.5 Å². The summed E-state index contributed by atoms with van der Waals surface area (Å²) >= 11 is 0. The maximum atomic E-state index is 12.7. The second kappa shape index (κ2) is 5.72. The third-order valence-corrected chi connectivity index (χ3v) is 3.50. The first kappa shape index (κ1) is 14.0. The zero-order chi connectivity index (χ0) is 13.9. The molecule has 106 valence electrons. The first-order valence-corrected chi connectivity index (χ1v) is 6.68. The van der Waals surface area contributed by atoms with E-state index in [2.05, 4.69) is 16.5 Å². The summed E-state index contributed by atoms with van der Waals surface area (Å²) in [5, 5.41) is 0. The molecule has 19 heavy (non-hydrogen) atoms. The number of aliphatic imine (C=N–C) groups is 1. The summed E-state index contributed by atoms with van der Waals surface area (Å²) in [6.07, 6.45) is 5.54. The van der Waals surface area contributed by atoms with Crippen molar-refractivity contribution in [2.75, 3.05) is 19.7 Å². The van der Waals surface area contributed by atoms with Crippen LogP contribution < -0.4 is 0 Å². The fourth-order valence-corrected chi connectivity index (χ4v) is 2.04. The normalized spacial score (nSPS) is 25.9. The molecule has 0 aromatic heterocycles. The van der Waals surface area contributed by atoms with Gasteiger partial charge in [-0.3, -0.25) is 0 Å². The fourth-order valence-electron chi connectivity index (χ4n) is 2.04. The van der Waals surface area contributed by atoms with Gasteiger partial charge in [0.05, 0.1) is 18.7 Å². The average Bonchev–Trinajstić information content (AvgIpc) is 2.84. The Morgan fingerprint density at radius 3 is 2.63 bits per heavy atom. The molecule has 0 bridgehead atoms. The van der Waals surface area contributed by atoms with E-state index < -0.39 is 11.8 Å². The van der Waals surface area contributed by atoms with Gasteiger partial charge in [0.2, 0.25) is 0 Å². The zero-order valence-electron chi connectivity index (χ0n) is 11.2. The van der Waals surface area contributed by atoms with E-state index in [1.165, 1.54) is 0 Å². The number of ether oxygens (including phenoxy) is 1. The topological polar surface area (TPSA) is 24.8 Å². The lowest BCUT2D eigenvalue weighted by atomic mass is 10.4. The van der Waals surface area contributed by atoms with Crippen LogP contribution in [0.1, 0.15) is 26.2 Å². The monoisotopic (exact) mass is 270 g/mol. The number of hydrogen-bond acceptors (Lipinski definition) is 3. The lowest BCUT2D eigenvalue weighted by Gasteiger charge is -2.16. The Labute approximate surface area is 112 Å². The highest BCUT2D eigenvalue weighted by molar-refractivity contribution is 5.76. The Balaban J connectivity index is 1.77. The standard InChI is InChI=1S/C14H20F2N2O/c1-3-13(19-10-12-8-14(12,15)16)9-17-11(2)18-6-4-5-7-18/h3,9,12H,2,4-8,10H2,1H3/b13-3+,17-9?/t12-/m1/s1. The molecule has 0 amide bonds. The highest BCUT2D eigenvalue weighted by Crippen LogP contribution is 2.48. The van der Waals surface area contributed by atoms with E-state index in [0.29, 0.717) is 11.6 Å². The molecule has 2 fully saturated rings. The first-order valence-electron chi connectivity index (χ1n) is 6.68. The predicted octanol–water partition coefficient (Wildman–Crippen LogP) is 3.20. The van der Waals surface area contributed by atoms with E-state index in [1.54, 1.807) is 19.2 Å². The minimum atomic E-state index is -2.53. The molecule has 2 rings (SSSR count). The number of hydrogen-bond donors (Lipinski definition) is 0. The van der Waals surface area contributed by atoms with Gasteiger partial charge in [0.15, 0.2) is 0 Å². The molecule has 2 aliphatic rings. The van der Waals surface area contributed by atoms with Crippen molar-refractivity contribution >= 4 is 6.21 Å². The van der Waals surface area contributed by atoms with Crippen molar-refractivity contribution in [3.05, 3.63) is 24.2 Å². The first-order chi connectivity index (χ1) is 9.03. The van der Waals surface area contributed by atoms with Crippen molar-refractivity contribution in [3.8, 4) is 0 Å². The fraction of sp³-hybridized carbons (Fsp3) is 0.643. The third kappa shape index (κ3) is 3.78. The summed E-state index contributed by atoms with van der Waals surface area (Å²) in [5.74, 6) is -1.95. The van der Waals surface area contributed by atoms with E-state index >= 15 is 0 Å². The van der Waals surface area contributed by atoms with Crippen LogP contribution in [-0.4, -0.2) is 36.7 Å². The molecule has 0 aromatic rings. The van der Waals surface area contributed by atoms with Crippen LogP contribution in [0.5, 0.6) is 0 Å². The van der Waals surface area contributed by atoms with E-state index in [0.717, 1.165) is 25.9 Å². The summed E-state index contributed by atoms with van der Waals surface area (Å²) in [5.41, 5.74) is 0. The highest BCUT2D eigenvalue weighted by atomic mass is 19.3. The van der Waals surface area contributed by atoms with Crippen LogP contribution in [0.4, 0.5) is 8.78 Å². The molecule has 0 radical (unpaired) electrons. The van der Waals surface area contributed by atoms with Crippen molar-refractivity contribution in [3.63, 3.8) is 0 Å². The van der Waals surface area contributed by atoms with Crippen LogP contribution >= 0.6 is 0 Å². The SMILES string of the molecule is C=C(N=C/C(=C\C)OC[C@H]1CC1(F)F)N1CCCC1. The van der Waals surface area contributed by atoms with E-state index in [4.69, 9.17) is 4.74 Å². The van der Waals surface area contributed by atoms with Crippen molar-refractivity contribution in [2.45, 2.75) is 32.1 Å². The van der Waals surface area contributed by atoms with Gasteiger partial charge in [-0.1, -0.05) is 6.58 Å². The van der Waals surface area contributed by atoms with Gasteiger partial charge in [-0.2, -0.15) is 0 Å². The smallest absolute Gasteiger partial charge is 0.255 e. The molecule has 1 saturated carbocycles. The molecule has 0 unspecified atom stereocenters. The van der Waals surface area contributed by atoms with Gasteiger partial charge in [0, 0.05) is 19.5 Å². The Bertz CT molecular complexity index is 398. The summed E-state index contributed by atoms with van der Waals surface area (Å²) in [7, 11) is 0. The van der Waals surface area contributed by atoms with Gasteiger partial charge in [0.25, 0.3) is 5.92 Å². The second-order valence-electron chi connectivity index (χ2n) is 5.03. The van der Waals surface area contributed by atoms with Gasteiger partial charge >= 0.3 is 0 Å². The highest BCUT2D eigenvalue weighted by Gasteiger charge is 2.57. The van der Waals surface area contributed by atoms with Crippen molar-refractivity contribution in [2.24, 2.45) is 10.9 Å². The summed E-state index contributed by atoms with van der Waals surface area (Å²) in [6.45, 7) is 7.71. The maximum Gasteiger partial charge on any atom is 0.255 e.